The Labute approximate surface area is 89.2 Å². The van der Waals surface area contributed by atoms with E-state index in [1.165, 1.54) is 5.56 Å². The largest absolute Gasteiger partial charge is 0.383 e. The van der Waals surface area contributed by atoms with Gasteiger partial charge in [0.2, 0.25) is 0 Å². The molecule has 0 amide bonds. The van der Waals surface area contributed by atoms with E-state index in [0.29, 0.717) is 0 Å². The summed E-state index contributed by atoms with van der Waals surface area (Å²) in [6.07, 6.45) is 2.04. The SMILES string of the molecule is CN(C)/C=C1/C(=S)Nc2ccccc21. The first-order valence-electron chi connectivity index (χ1n) is 4.47. The number of rotatable bonds is 1. The molecule has 0 unspecified atom stereocenters. The predicted molar refractivity (Wildman–Crippen MR) is 64.3 cm³/mol. The molecule has 0 bridgehead atoms. The van der Waals surface area contributed by atoms with Crippen LogP contribution in [0.15, 0.2) is 30.5 Å². The van der Waals surface area contributed by atoms with Gasteiger partial charge in [-0.25, -0.2) is 0 Å². The molecule has 1 aromatic carbocycles. The lowest BCUT2D eigenvalue weighted by molar-refractivity contribution is 0.566. The molecular formula is C11H12N2S. The quantitative estimate of drug-likeness (QED) is 0.558. The second-order valence-electron chi connectivity index (χ2n) is 3.51. The van der Waals surface area contributed by atoms with Crippen molar-refractivity contribution in [1.82, 2.24) is 4.90 Å². The number of fused-ring (bicyclic) bond motifs is 1. The summed E-state index contributed by atoms with van der Waals surface area (Å²) >= 11 is 5.26. The van der Waals surface area contributed by atoms with E-state index in [0.717, 1.165) is 16.2 Å². The van der Waals surface area contributed by atoms with Crippen LogP contribution in [0.3, 0.4) is 0 Å². The Kier molecular flexibility index (Phi) is 2.25. The number of nitrogens with one attached hydrogen (secondary N) is 1. The molecular weight excluding hydrogens is 192 g/mol. The molecule has 1 N–H and O–H groups in total. The van der Waals surface area contributed by atoms with Crippen LogP contribution in [0.1, 0.15) is 5.56 Å². The maximum atomic E-state index is 5.26. The van der Waals surface area contributed by atoms with Gasteiger partial charge in [-0.15, -0.1) is 0 Å². The van der Waals surface area contributed by atoms with Crippen LogP contribution >= 0.6 is 12.2 Å². The molecule has 0 radical (unpaired) electrons. The van der Waals surface area contributed by atoms with Crippen LogP contribution in [0.25, 0.3) is 5.57 Å². The minimum Gasteiger partial charge on any atom is -0.383 e. The minimum absolute atomic E-state index is 0.805. The number of anilines is 1. The molecule has 2 nitrogen and oxygen atoms in total. The van der Waals surface area contributed by atoms with Crippen LogP contribution in [0.2, 0.25) is 0 Å². The third-order valence-corrected chi connectivity index (χ3v) is 2.42. The molecule has 0 spiro atoms. The highest BCUT2D eigenvalue weighted by molar-refractivity contribution is 7.81. The van der Waals surface area contributed by atoms with Gasteiger partial charge < -0.3 is 10.2 Å². The van der Waals surface area contributed by atoms with Gasteiger partial charge >= 0.3 is 0 Å². The topological polar surface area (TPSA) is 15.3 Å². The fraction of sp³-hybridized carbons (Fsp3) is 0.182. The highest BCUT2D eigenvalue weighted by atomic mass is 32.1. The highest BCUT2D eigenvalue weighted by Crippen LogP contribution is 2.31. The first-order valence-corrected chi connectivity index (χ1v) is 4.88. The van der Waals surface area contributed by atoms with Crippen molar-refractivity contribution in [3.63, 3.8) is 0 Å². The summed E-state index contributed by atoms with van der Waals surface area (Å²) in [5.41, 5.74) is 3.39. The van der Waals surface area contributed by atoms with Gasteiger partial charge in [0, 0.05) is 37.1 Å². The first kappa shape index (κ1) is 9.21. The zero-order valence-electron chi connectivity index (χ0n) is 8.24. The van der Waals surface area contributed by atoms with Crippen molar-refractivity contribution < 1.29 is 0 Å². The van der Waals surface area contributed by atoms with Crippen LogP contribution < -0.4 is 5.32 Å². The van der Waals surface area contributed by atoms with Crippen LogP contribution in [0, 0.1) is 0 Å². The lowest BCUT2D eigenvalue weighted by atomic mass is 10.1. The van der Waals surface area contributed by atoms with Crippen molar-refractivity contribution in [3.05, 3.63) is 36.0 Å². The van der Waals surface area contributed by atoms with E-state index in [9.17, 15) is 0 Å². The fourth-order valence-electron chi connectivity index (χ4n) is 1.53. The predicted octanol–water partition coefficient (Wildman–Crippen LogP) is 2.34. The maximum absolute atomic E-state index is 5.26. The number of hydrogen-bond donors (Lipinski definition) is 1. The molecule has 1 aromatic rings. The van der Waals surface area contributed by atoms with Gasteiger partial charge in [-0.05, 0) is 6.07 Å². The van der Waals surface area contributed by atoms with Gasteiger partial charge in [-0.1, -0.05) is 30.4 Å². The molecule has 14 heavy (non-hydrogen) atoms. The summed E-state index contributed by atoms with van der Waals surface area (Å²) in [5, 5.41) is 3.19. The molecule has 3 heteroatoms. The second kappa shape index (κ2) is 3.42. The van der Waals surface area contributed by atoms with Crippen LogP contribution in [-0.2, 0) is 0 Å². The molecule has 0 saturated carbocycles. The molecule has 0 fully saturated rings. The number of thiocarbonyl (C=S) groups is 1. The smallest absolute Gasteiger partial charge is 0.113 e. The number of benzene rings is 1. The average molecular weight is 204 g/mol. The Morgan fingerprint density at radius 2 is 2.00 bits per heavy atom. The van der Waals surface area contributed by atoms with Crippen molar-refractivity contribution >= 4 is 28.5 Å². The molecule has 0 saturated heterocycles. The Bertz CT molecular complexity index is 408. The van der Waals surface area contributed by atoms with Gasteiger partial charge in [-0.2, -0.15) is 0 Å². The Hall–Kier alpha value is -1.35. The standard InChI is InChI=1S/C11H12N2S/c1-13(2)7-9-8-5-3-4-6-10(8)12-11(9)14/h3-7H,1-2H3,(H,12,14)/b9-7+. The highest BCUT2D eigenvalue weighted by Gasteiger charge is 2.19. The van der Waals surface area contributed by atoms with E-state index < -0.39 is 0 Å². The van der Waals surface area contributed by atoms with E-state index in [2.05, 4.69) is 11.4 Å². The summed E-state index contributed by atoms with van der Waals surface area (Å²) in [6.45, 7) is 0. The summed E-state index contributed by atoms with van der Waals surface area (Å²) in [7, 11) is 3.99. The first-order chi connectivity index (χ1) is 6.68. The molecule has 0 atom stereocenters. The lowest BCUT2D eigenvalue weighted by Gasteiger charge is -2.06. The van der Waals surface area contributed by atoms with Crippen molar-refractivity contribution in [2.45, 2.75) is 0 Å². The van der Waals surface area contributed by atoms with E-state index in [1.807, 2.05) is 43.4 Å². The number of para-hydroxylation sites is 1. The van der Waals surface area contributed by atoms with Gasteiger partial charge in [0.05, 0.1) is 0 Å². The molecule has 1 aliphatic heterocycles. The van der Waals surface area contributed by atoms with Gasteiger partial charge in [-0.3, -0.25) is 0 Å². The van der Waals surface area contributed by atoms with E-state index in [1.54, 1.807) is 0 Å². The van der Waals surface area contributed by atoms with Gasteiger partial charge in [0.1, 0.15) is 4.99 Å². The zero-order valence-corrected chi connectivity index (χ0v) is 9.06. The molecule has 0 aliphatic carbocycles. The van der Waals surface area contributed by atoms with Crippen LogP contribution in [0.5, 0.6) is 0 Å². The van der Waals surface area contributed by atoms with Crippen LogP contribution in [0.4, 0.5) is 5.69 Å². The Balaban J connectivity index is 2.50. The van der Waals surface area contributed by atoms with Crippen molar-refractivity contribution in [2.24, 2.45) is 0 Å². The molecule has 72 valence electrons. The number of hydrogen-bond acceptors (Lipinski definition) is 2. The fourth-order valence-corrected chi connectivity index (χ4v) is 1.80. The van der Waals surface area contributed by atoms with E-state index >= 15 is 0 Å². The van der Waals surface area contributed by atoms with E-state index in [-0.39, 0.29) is 0 Å². The zero-order chi connectivity index (χ0) is 10.1. The summed E-state index contributed by atoms with van der Waals surface area (Å²) in [4.78, 5) is 2.81. The molecule has 1 heterocycles. The van der Waals surface area contributed by atoms with Crippen molar-refractivity contribution in [2.75, 3.05) is 19.4 Å². The van der Waals surface area contributed by atoms with Gasteiger partial charge in [0.25, 0.3) is 0 Å². The van der Waals surface area contributed by atoms with Crippen LogP contribution in [-0.4, -0.2) is 24.0 Å². The Morgan fingerprint density at radius 1 is 1.29 bits per heavy atom. The van der Waals surface area contributed by atoms with Gasteiger partial charge in [0.15, 0.2) is 0 Å². The summed E-state index contributed by atoms with van der Waals surface area (Å²) in [5.74, 6) is 0. The second-order valence-corrected chi connectivity index (χ2v) is 3.91. The third-order valence-electron chi connectivity index (χ3n) is 2.10. The van der Waals surface area contributed by atoms with E-state index in [4.69, 9.17) is 12.2 Å². The number of nitrogens with zero attached hydrogens (tertiary/aromatic N) is 1. The average Bonchev–Trinajstić information content (AvgIpc) is 2.43. The third kappa shape index (κ3) is 1.51. The minimum atomic E-state index is 0.805. The monoisotopic (exact) mass is 204 g/mol. The normalized spacial score (nSPS) is 16.7. The lowest BCUT2D eigenvalue weighted by Crippen LogP contribution is -2.07. The van der Waals surface area contributed by atoms with Crippen molar-refractivity contribution in [3.8, 4) is 0 Å². The Morgan fingerprint density at radius 3 is 2.71 bits per heavy atom. The molecule has 0 aromatic heterocycles. The summed E-state index contributed by atoms with van der Waals surface area (Å²) in [6, 6.07) is 8.15. The van der Waals surface area contributed by atoms with Crippen molar-refractivity contribution in [1.29, 1.82) is 0 Å². The maximum Gasteiger partial charge on any atom is 0.113 e. The molecule has 1 aliphatic rings. The summed E-state index contributed by atoms with van der Waals surface area (Å²) < 4.78 is 0. The molecule has 2 rings (SSSR count).